The molecule has 0 unspecified atom stereocenters. The van der Waals surface area contributed by atoms with Gasteiger partial charge in [-0.15, -0.1) is 0 Å². The molecule has 2 saturated heterocycles. The van der Waals surface area contributed by atoms with Gasteiger partial charge in [-0.25, -0.2) is 13.6 Å². The van der Waals surface area contributed by atoms with E-state index >= 15 is 0 Å². The molecule has 2 aliphatic heterocycles. The van der Waals surface area contributed by atoms with Crippen molar-refractivity contribution in [3.8, 4) is 0 Å². The Labute approximate surface area is 147 Å². The first-order chi connectivity index (χ1) is 12.2. The lowest BCUT2D eigenvalue weighted by Crippen LogP contribution is -2.45. The van der Waals surface area contributed by atoms with Crippen LogP contribution in [0.5, 0.6) is 0 Å². The Morgan fingerprint density at radius 3 is 3.00 bits per heavy atom. The highest BCUT2D eigenvalue weighted by molar-refractivity contribution is 5.86. The number of carbonyl (C=O) groups is 1. The summed E-state index contributed by atoms with van der Waals surface area (Å²) in [5.74, 6) is -3.83. The van der Waals surface area contributed by atoms with E-state index in [1.807, 2.05) is 4.90 Å². The zero-order chi connectivity index (χ0) is 18.9. The number of carbonyl (C=O) groups excluding carboxylic acids is 1. The van der Waals surface area contributed by atoms with Crippen LogP contribution in [0.2, 0.25) is 0 Å². The summed E-state index contributed by atoms with van der Waals surface area (Å²) < 4.78 is 35.0. The van der Waals surface area contributed by atoms with Crippen LogP contribution in [0.1, 0.15) is 12.6 Å². The summed E-state index contributed by atoms with van der Waals surface area (Å²) >= 11 is 0. The van der Waals surface area contributed by atoms with Gasteiger partial charge in [0.25, 0.3) is 5.92 Å². The van der Waals surface area contributed by atoms with Crippen molar-refractivity contribution in [2.24, 2.45) is 5.73 Å². The van der Waals surface area contributed by atoms with Crippen molar-refractivity contribution in [3.63, 3.8) is 0 Å². The minimum absolute atomic E-state index is 0.0429. The minimum atomic E-state index is -3.22. The number of halogens is 2. The summed E-state index contributed by atoms with van der Waals surface area (Å²) in [7, 11) is 0. The number of nitrogens with one attached hydrogen (secondary N) is 1. The number of hydrogen-bond acceptors (Lipinski definition) is 7. The number of nitrogens with two attached hydrogens (primary N) is 2. The SMILES string of the molecule is NC(=O)/C=C1/CN(C[C@@H]2CC(F)(F)[C@H](n3ccc(N)nc3=O)O2)CCN1. The Balaban J connectivity index is 1.69. The summed E-state index contributed by atoms with van der Waals surface area (Å²) in [4.78, 5) is 28.2. The van der Waals surface area contributed by atoms with E-state index in [1.165, 1.54) is 12.1 Å². The van der Waals surface area contributed by atoms with Crippen molar-refractivity contribution < 1.29 is 18.3 Å². The molecule has 1 aromatic rings. The number of ether oxygens (including phenoxy) is 1. The Morgan fingerprint density at radius 2 is 2.31 bits per heavy atom. The van der Waals surface area contributed by atoms with Crippen molar-refractivity contribution in [3.05, 3.63) is 34.5 Å². The van der Waals surface area contributed by atoms with E-state index in [9.17, 15) is 18.4 Å². The van der Waals surface area contributed by atoms with E-state index in [1.54, 1.807) is 0 Å². The molecule has 1 aromatic heterocycles. The van der Waals surface area contributed by atoms with Crippen LogP contribution in [-0.4, -0.2) is 58.6 Å². The summed E-state index contributed by atoms with van der Waals surface area (Å²) in [5, 5.41) is 3.03. The van der Waals surface area contributed by atoms with Gasteiger partial charge in [0, 0.05) is 50.6 Å². The van der Waals surface area contributed by atoms with Crippen LogP contribution in [0.25, 0.3) is 0 Å². The molecule has 5 N–H and O–H groups in total. The van der Waals surface area contributed by atoms with Gasteiger partial charge in [0.1, 0.15) is 5.82 Å². The minimum Gasteiger partial charge on any atom is -0.386 e. The summed E-state index contributed by atoms with van der Waals surface area (Å²) in [6.45, 7) is 1.78. The van der Waals surface area contributed by atoms with Crippen LogP contribution in [0.3, 0.4) is 0 Å². The van der Waals surface area contributed by atoms with E-state index in [0.717, 1.165) is 10.8 Å². The molecule has 0 radical (unpaired) electrons. The number of amides is 1. The van der Waals surface area contributed by atoms with Crippen LogP contribution >= 0.6 is 0 Å². The number of rotatable bonds is 4. The third-order valence-electron chi connectivity index (χ3n) is 4.24. The van der Waals surface area contributed by atoms with E-state index in [-0.39, 0.29) is 12.4 Å². The van der Waals surface area contributed by atoms with Gasteiger partial charge in [-0.2, -0.15) is 4.98 Å². The van der Waals surface area contributed by atoms with Crippen molar-refractivity contribution >= 4 is 11.7 Å². The first-order valence-corrected chi connectivity index (χ1v) is 8.09. The number of nitrogen functional groups attached to an aromatic ring is 1. The molecule has 3 rings (SSSR count). The summed E-state index contributed by atoms with van der Waals surface area (Å²) in [5.41, 5.74) is 10.3. The number of nitrogens with zero attached hydrogens (tertiary/aromatic N) is 3. The zero-order valence-corrected chi connectivity index (χ0v) is 13.9. The van der Waals surface area contributed by atoms with Crippen molar-refractivity contribution in [1.29, 1.82) is 0 Å². The van der Waals surface area contributed by atoms with E-state index < -0.39 is 36.3 Å². The molecule has 26 heavy (non-hydrogen) atoms. The highest BCUT2D eigenvalue weighted by Gasteiger charge is 2.52. The normalized spacial score (nSPS) is 27.4. The molecular formula is C15H20F2N6O3. The third-order valence-corrected chi connectivity index (χ3v) is 4.24. The van der Waals surface area contributed by atoms with Crippen molar-refractivity contribution in [2.75, 3.05) is 31.9 Å². The first kappa shape index (κ1) is 18.3. The van der Waals surface area contributed by atoms with Gasteiger partial charge in [0.2, 0.25) is 12.1 Å². The fourth-order valence-electron chi connectivity index (χ4n) is 3.18. The quantitative estimate of drug-likeness (QED) is 0.581. The van der Waals surface area contributed by atoms with Crippen LogP contribution < -0.4 is 22.5 Å². The monoisotopic (exact) mass is 370 g/mol. The van der Waals surface area contributed by atoms with E-state index in [4.69, 9.17) is 16.2 Å². The molecule has 0 bridgehead atoms. The molecule has 0 aromatic carbocycles. The highest BCUT2D eigenvalue weighted by Crippen LogP contribution is 2.42. The third kappa shape index (κ3) is 3.99. The van der Waals surface area contributed by atoms with Gasteiger partial charge < -0.3 is 21.5 Å². The van der Waals surface area contributed by atoms with Gasteiger partial charge in [-0.1, -0.05) is 0 Å². The van der Waals surface area contributed by atoms with E-state index in [2.05, 4.69) is 10.3 Å². The van der Waals surface area contributed by atoms with Crippen LogP contribution in [0.4, 0.5) is 14.6 Å². The van der Waals surface area contributed by atoms with Gasteiger partial charge in [0.05, 0.1) is 6.10 Å². The lowest BCUT2D eigenvalue weighted by atomic mass is 10.1. The molecule has 11 heteroatoms. The number of aromatic nitrogens is 2. The second kappa shape index (κ2) is 7.00. The molecule has 0 spiro atoms. The first-order valence-electron chi connectivity index (χ1n) is 8.09. The largest absolute Gasteiger partial charge is 0.386 e. The number of piperazine rings is 1. The highest BCUT2D eigenvalue weighted by atomic mass is 19.3. The molecule has 142 valence electrons. The summed E-state index contributed by atoms with van der Waals surface area (Å²) in [6, 6.07) is 1.27. The molecule has 0 saturated carbocycles. The number of anilines is 1. The second-order valence-electron chi connectivity index (χ2n) is 6.35. The van der Waals surface area contributed by atoms with Crippen molar-refractivity contribution in [1.82, 2.24) is 19.8 Å². The second-order valence-corrected chi connectivity index (χ2v) is 6.35. The molecule has 2 aliphatic rings. The van der Waals surface area contributed by atoms with Crippen LogP contribution in [0, 0.1) is 0 Å². The maximum Gasteiger partial charge on any atom is 0.351 e. The van der Waals surface area contributed by atoms with Gasteiger partial charge in [0.15, 0.2) is 0 Å². The van der Waals surface area contributed by atoms with Crippen molar-refractivity contribution in [2.45, 2.75) is 24.7 Å². The number of alkyl halides is 2. The van der Waals surface area contributed by atoms with E-state index in [0.29, 0.717) is 25.3 Å². The van der Waals surface area contributed by atoms with Crippen LogP contribution in [-0.2, 0) is 9.53 Å². The maximum absolute atomic E-state index is 14.4. The fourth-order valence-corrected chi connectivity index (χ4v) is 3.18. The Hall–Kier alpha value is -2.53. The molecular weight excluding hydrogens is 350 g/mol. The van der Waals surface area contributed by atoms with Gasteiger partial charge >= 0.3 is 5.69 Å². The Morgan fingerprint density at radius 1 is 1.54 bits per heavy atom. The van der Waals surface area contributed by atoms with Crippen LogP contribution in [0.15, 0.2) is 28.8 Å². The molecule has 3 heterocycles. The predicted octanol–water partition coefficient (Wildman–Crippen LogP) is -0.977. The average Bonchev–Trinajstić information content (AvgIpc) is 2.81. The molecule has 0 aliphatic carbocycles. The smallest absolute Gasteiger partial charge is 0.351 e. The Kier molecular flexibility index (Phi) is 4.92. The molecule has 2 atom stereocenters. The maximum atomic E-state index is 14.4. The molecule has 9 nitrogen and oxygen atoms in total. The Bertz CT molecular complexity index is 781. The lowest BCUT2D eigenvalue weighted by Gasteiger charge is -2.31. The molecule has 2 fully saturated rings. The standard InChI is InChI=1S/C15H20F2N6O3/c16-15(17)6-10(8-22-4-2-20-9(7-22)5-12(19)24)26-13(15)23-3-1-11(18)21-14(23)25/h1,3,5,10,13,20H,2,4,6-8H2,(H2,19,24)(H2,18,21,25)/b9-5-/t10-,13+/m0/s1. The topological polar surface area (TPSA) is 128 Å². The fraction of sp³-hybridized carbons (Fsp3) is 0.533. The average molecular weight is 370 g/mol. The van der Waals surface area contributed by atoms with Gasteiger partial charge in [-0.05, 0) is 6.07 Å². The lowest BCUT2D eigenvalue weighted by molar-refractivity contribution is -0.118. The number of hydrogen-bond donors (Lipinski definition) is 3. The zero-order valence-electron chi connectivity index (χ0n) is 13.9. The molecule has 1 amide bonds. The predicted molar refractivity (Wildman–Crippen MR) is 88.1 cm³/mol. The number of primary amides is 1. The summed E-state index contributed by atoms with van der Waals surface area (Å²) in [6.07, 6.45) is -0.583. The van der Waals surface area contributed by atoms with Gasteiger partial charge in [-0.3, -0.25) is 14.3 Å².